The summed E-state index contributed by atoms with van der Waals surface area (Å²) in [7, 11) is 0. The molecular formula is C12H10N4. The maximum atomic E-state index is 8.80. The molecule has 0 spiro atoms. The summed E-state index contributed by atoms with van der Waals surface area (Å²) in [4.78, 5) is 4.23. The third-order valence-corrected chi connectivity index (χ3v) is 2.24. The Hall–Kier alpha value is -2.41. The molecule has 0 amide bonds. The summed E-state index contributed by atoms with van der Waals surface area (Å²) < 4.78 is 1.60. The molecule has 4 nitrogen and oxygen atoms in total. The van der Waals surface area contributed by atoms with Crippen molar-refractivity contribution in [3.05, 3.63) is 47.9 Å². The van der Waals surface area contributed by atoms with Crippen LogP contribution in [0.4, 0.5) is 0 Å². The average molecular weight is 210 g/mol. The Morgan fingerprint density at radius 3 is 2.81 bits per heavy atom. The molecule has 0 aromatic carbocycles. The highest BCUT2D eigenvalue weighted by atomic mass is 15.3. The van der Waals surface area contributed by atoms with Crippen molar-refractivity contribution < 1.29 is 0 Å². The van der Waals surface area contributed by atoms with Gasteiger partial charge in [-0.3, -0.25) is 0 Å². The lowest BCUT2D eigenvalue weighted by atomic mass is 10.3. The van der Waals surface area contributed by atoms with Gasteiger partial charge < -0.3 is 0 Å². The number of rotatable bonds is 2. The molecule has 0 saturated carbocycles. The first-order chi connectivity index (χ1) is 7.74. The number of nitriles is 1. The fourth-order valence-corrected chi connectivity index (χ4v) is 1.34. The predicted molar refractivity (Wildman–Crippen MR) is 60.9 cm³/mol. The molecule has 0 bridgehead atoms. The lowest BCUT2D eigenvalue weighted by Crippen LogP contribution is -1.98. The smallest absolute Gasteiger partial charge is 0.165 e. The highest BCUT2D eigenvalue weighted by Gasteiger charge is 2.05. The summed E-state index contributed by atoms with van der Waals surface area (Å²) in [6.07, 6.45) is 5.23. The first-order valence-corrected chi connectivity index (χ1v) is 4.80. The van der Waals surface area contributed by atoms with Crippen LogP contribution < -0.4 is 0 Å². The van der Waals surface area contributed by atoms with E-state index in [0.29, 0.717) is 11.5 Å². The second-order valence-corrected chi connectivity index (χ2v) is 3.37. The van der Waals surface area contributed by atoms with E-state index in [-0.39, 0.29) is 0 Å². The highest BCUT2D eigenvalue weighted by Crippen LogP contribution is 2.10. The van der Waals surface area contributed by atoms with Crippen LogP contribution in [0, 0.1) is 18.3 Å². The van der Waals surface area contributed by atoms with E-state index in [4.69, 9.17) is 5.26 Å². The van der Waals surface area contributed by atoms with Crippen LogP contribution in [0.15, 0.2) is 31.1 Å². The normalized spacial score (nSPS) is 9.75. The van der Waals surface area contributed by atoms with Gasteiger partial charge in [0.1, 0.15) is 6.07 Å². The van der Waals surface area contributed by atoms with E-state index < -0.39 is 0 Å². The predicted octanol–water partition coefficient (Wildman–Crippen LogP) is 2.09. The van der Waals surface area contributed by atoms with Crippen molar-refractivity contribution in [1.82, 2.24) is 14.8 Å². The van der Waals surface area contributed by atoms with E-state index in [1.807, 2.05) is 25.1 Å². The van der Waals surface area contributed by atoms with Crippen LogP contribution in [0.2, 0.25) is 0 Å². The largest absolute Gasteiger partial charge is 0.237 e. The second-order valence-electron chi connectivity index (χ2n) is 3.37. The van der Waals surface area contributed by atoms with Crippen molar-refractivity contribution in [2.45, 2.75) is 6.92 Å². The van der Waals surface area contributed by atoms with Crippen LogP contribution in [0.1, 0.15) is 16.8 Å². The van der Waals surface area contributed by atoms with Crippen molar-refractivity contribution >= 4 is 6.08 Å². The van der Waals surface area contributed by atoms with E-state index in [0.717, 1.165) is 11.1 Å². The Bertz CT molecular complexity index is 558. The topological polar surface area (TPSA) is 54.5 Å². The summed E-state index contributed by atoms with van der Waals surface area (Å²) in [5, 5.41) is 12.9. The standard InChI is InChI=1S/C12H10N4/c1-3-10-4-5-12(14-7-10)16-8-9(2)11(6-13)15-16/h3-5,7-8H,1H2,2H3. The Morgan fingerprint density at radius 2 is 2.31 bits per heavy atom. The molecule has 2 aromatic rings. The van der Waals surface area contributed by atoms with Gasteiger partial charge >= 0.3 is 0 Å². The first kappa shape index (κ1) is 10.1. The summed E-state index contributed by atoms with van der Waals surface area (Å²) in [5.41, 5.74) is 2.22. The fraction of sp³-hybridized carbons (Fsp3) is 0.0833. The van der Waals surface area contributed by atoms with Gasteiger partial charge in [0, 0.05) is 18.0 Å². The summed E-state index contributed by atoms with van der Waals surface area (Å²) in [6.45, 7) is 5.51. The minimum Gasteiger partial charge on any atom is -0.237 e. The molecule has 0 unspecified atom stereocenters. The highest BCUT2D eigenvalue weighted by molar-refractivity contribution is 5.46. The van der Waals surface area contributed by atoms with Gasteiger partial charge in [-0.05, 0) is 24.6 Å². The van der Waals surface area contributed by atoms with Crippen molar-refractivity contribution in [2.24, 2.45) is 0 Å². The van der Waals surface area contributed by atoms with Crippen molar-refractivity contribution in [2.75, 3.05) is 0 Å². The molecule has 78 valence electrons. The molecule has 0 aliphatic heterocycles. The molecule has 0 atom stereocenters. The summed E-state index contributed by atoms with van der Waals surface area (Å²) in [5.74, 6) is 0.690. The Kier molecular flexibility index (Phi) is 2.52. The molecule has 16 heavy (non-hydrogen) atoms. The molecule has 0 radical (unpaired) electrons. The first-order valence-electron chi connectivity index (χ1n) is 4.80. The Morgan fingerprint density at radius 1 is 1.50 bits per heavy atom. The van der Waals surface area contributed by atoms with Gasteiger partial charge in [-0.25, -0.2) is 9.67 Å². The van der Waals surface area contributed by atoms with Gasteiger partial charge in [-0.1, -0.05) is 12.7 Å². The van der Waals surface area contributed by atoms with E-state index in [2.05, 4.69) is 16.7 Å². The van der Waals surface area contributed by atoms with E-state index >= 15 is 0 Å². The minimum atomic E-state index is 0.426. The fourth-order valence-electron chi connectivity index (χ4n) is 1.34. The van der Waals surface area contributed by atoms with Gasteiger partial charge in [0.25, 0.3) is 0 Å². The number of hydrogen-bond donors (Lipinski definition) is 0. The zero-order valence-corrected chi connectivity index (χ0v) is 8.88. The van der Waals surface area contributed by atoms with Crippen LogP contribution >= 0.6 is 0 Å². The van der Waals surface area contributed by atoms with E-state index in [1.54, 1.807) is 23.2 Å². The minimum absolute atomic E-state index is 0.426. The quantitative estimate of drug-likeness (QED) is 0.762. The van der Waals surface area contributed by atoms with Crippen molar-refractivity contribution in [1.29, 1.82) is 5.26 Å². The number of aryl methyl sites for hydroxylation is 1. The monoisotopic (exact) mass is 210 g/mol. The maximum Gasteiger partial charge on any atom is 0.165 e. The summed E-state index contributed by atoms with van der Waals surface area (Å²) >= 11 is 0. The number of aromatic nitrogens is 3. The van der Waals surface area contributed by atoms with E-state index in [9.17, 15) is 0 Å². The van der Waals surface area contributed by atoms with Crippen molar-refractivity contribution in [3.8, 4) is 11.9 Å². The van der Waals surface area contributed by atoms with Gasteiger partial charge in [-0.2, -0.15) is 10.4 Å². The zero-order chi connectivity index (χ0) is 11.5. The number of pyridine rings is 1. The molecular weight excluding hydrogens is 200 g/mol. The lowest BCUT2D eigenvalue weighted by Gasteiger charge is -1.99. The molecule has 0 fully saturated rings. The molecule has 0 aliphatic rings. The molecule has 4 heteroatoms. The molecule has 2 aromatic heterocycles. The van der Waals surface area contributed by atoms with Crippen LogP contribution in [0.25, 0.3) is 11.9 Å². The maximum absolute atomic E-state index is 8.80. The zero-order valence-electron chi connectivity index (χ0n) is 8.88. The third kappa shape index (κ3) is 1.71. The molecule has 0 saturated heterocycles. The van der Waals surface area contributed by atoms with E-state index in [1.165, 1.54) is 0 Å². The van der Waals surface area contributed by atoms with Crippen LogP contribution in [0.5, 0.6) is 0 Å². The van der Waals surface area contributed by atoms with Crippen LogP contribution in [0.3, 0.4) is 0 Å². The Labute approximate surface area is 93.5 Å². The molecule has 0 N–H and O–H groups in total. The van der Waals surface area contributed by atoms with Crippen LogP contribution in [-0.2, 0) is 0 Å². The second kappa shape index (κ2) is 3.99. The SMILES string of the molecule is C=Cc1ccc(-n2cc(C)c(C#N)n2)nc1. The number of hydrogen-bond acceptors (Lipinski definition) is 3. The van der Waals surface area contributed by atoms with Gasteiger partial charge in [0.05, 0.1) is 0 Å². The Balaban J connectivity index is 2.43. The number of nitrogens with zero attached hydrogens (tertiary/aromatic N) is 4. The molecule has 2 heterocycles. The van der Waals surface area contributed by atoms with Gasteiger partial charge in [0.15, 0.2) is 11.5 Å². The molecule has 2 rings (SSSR count). The van der Waals surface area contributed by atoms with Gasteiger partial charge in [-0.15, -0.1) is 0 Å². The van der Waals surface area contributed by atoms with Gasteiger partial charge in [0.2, 0.25) is 0 Å². The summed E-state index contributed by atoms with van der Waals surface area (Å²) in [6, 6.07) is 5.77. The van der Waals surface area contributed by atoms with Crippen molar-refractivity contribution in [3.63, 3.8) is 0 Å². The average Bonchev–Trinajstić information content (AvgIpc) is 2.71. The third-order valence-electron chi connectivity index (χ3n) is 2.24. The molecule has 0 aliphatic carbocycles. The van der Waals surface area contributed by atoms with Crippen LogP contribution in [-0.4, -0.2) is 14.8 Å². The lowest BCUT2D eigenvalue weighted by molar-refractivity contribution is 0.840.